The summed E-state index contributed by atoms with van der Waals surface area (Å²) in [5, 5.41) is 6.49. The first-order valence-electron chi connectivity index (χ1n) is 15.7. The van der Waals surface area contributed by atoms with E-state index in [2.05, 4.69) is 34.9 Å². The molecule has 0 atom stereocenters. The summed E-state index contributed by atoms with van der Waals surface area (Å²) in [6.07, 6.45) is 3.13. The van der Waals surface area contributed by atoms with Gasteiger partial charge in [-0.3, -0.25) is 9.59 Å². The van der Waals surface area contributed by atoms with E-state index in [4.69, 9.17) is 4.74 Å². The van der Waals surface area contributed by atoms with Crippen molar-refractivity contribution >= 4 is 30.3 Å². The molecule has 0 saturated carbocycles. The predicted molar refractivity (Wildman–Crippen MR) is 176 cm³/mol. The fraction of sp³-hybridized carbons (Fsp3) is 0.417. The third kappa shape index (κ3) is 6.31. The van der Waals surface area contributed by atoms with Crippen LogP contribution in [0.3, 0.4) is 0 Å². The number of hydrogen-bond acceptors (Lipinski definition) is 5. The van der Waals surface area contributed by atoms with E-state index in [0.717, 1.165) is 48.2 Å². The van der Waals surface area contributed by atoms with E-state index >= 15 is 0 Å². The molecule has 45 heavy (non-hydrogen) atoms. The zero-order valence-electron chi connectivity index (χ0n) is 26.3. The molecule has 0 radical (unpaired) electrons. The van der Waals surface area contributed by atoms with Crippen LogP contribution in [0.5, 0.6) is 0 Å². The number of piperidine rings is 2. The van der Waals surface area contributed by atoms with Gasteiger partial charge in [0.15, 0.2) is 0 Å². The molecule has 8 nitrogen and oxygen atoms in total. The maximum absolute atomic E-state index is 13.3. The molecule has 2 fully saturated rings. The van der Waals surface area contributed by atoms with Crippen molar-refractivity contribution < 1.29 is 19.1 Å². The number of carbonyl (C=O) groups is 3. The molecule has 3 aromatic carbocycles. The summed E-state index contributed by atoms with van der Waals surface area (Å²) in [6, 6.07) is 26.0. The Morgan fingerprint density at radius 2 is 1.38 bits per heavy atom. The summed E-state index contributed by atoms with van der Waals surface area (Å²) in [4.78, 5) is 41.4. The number of hydrogen-bond donors (Lipinski definition) is 2. The SMILES string of the molecule is CC(C)(C)OC(=O)N1CCC2(CC1)c1ccccc1C(=O)N2Cc1ccccc1.Cl.O=C1NC2(CCNCC2)c2ccccc21. The molecular formula is C36H43ClN4O4. The number of ether oxygens (including phenoxy) is 1. The Labute approximate surface area is 271 Å². The summed E-state index contributed by atoms with van der Waals surface area (Å²) in [5.41, 5.74) is 4.07. The minimum atomic E-state index is -0.512. The summed E-state index contributed by atoms with van der Waals surface area (Å²) in [7, 11) is 0. The highest BCUT2D eigenvalue weighted by atomic mass is 35.5. The highest BCUT2D eigenvalue weighted by molar-refractivity contribution is 6.00. The van der Waals surface area contributed by atoms with Gasteiger partial charge in [0, 0.05) is 30.8 Å². The van der Waals surface area contributed by atoms with Crippen LogP contribution >= 0.6 is 12.4 Å². The molecule has 4 aliphatic rings. The van der Waals surface area contributed by atoms with Gasteiger partial charge in [-0.25, -0.2) is 4.79 Å². The molecule has 4 aliphatic heterocycles. The normalized spacial score (nSPS) is 19.2. The van der Waals surface area contributed by atoms with Crippen molar-refractivity contribution in [1.29, 1.82) is 0 Å². The lowest BCUT2D eigenvalue weighted by atomic mass is 9.80. The average molecular weight is 631 g/mol. The maximum Gasteiger partial charge on any atom is 0.410 e. The fourth-order valence-corrected chi connectivity index (χ4v) is 7.17. The number of benzene rings is 3. The number of carbonyl (C=O) groups excluding carboxylic acids is 3. The Balaban J connectivity index is 0.000000210. The van der Waals surface area contributed by atoms with Crippen molar-refractivity contribution in [1.82, 2.24) is 20.4 Å². The van der Waals surface area contributed by atoms with Gasteiger partial charge in [0.05, 0.1) is 11.1 Å². The minimum absolute atomic E-state index is 0. The van der Waals surface area contributed by atoms with Gasteiger partial charge in [-0.05, 0) is 88.4 Å². The van der Waals surface area contributed by atoms with Gasteiger partial charge in [-0.1, -0.05) is 66.7 Å². The minimum Gasteiger partial charge on any atom is -0.444 e. The van der Waals surface area contributed by atoms with Crippen molar-refractivity contribution in [3.8, 4) is 0 Å². The van der Waals surface area contributed by atoms with Gasteiger partial charge in [0.25, 0.3) is 11.8 Å². The van der Waals surface area contributed by atoms with Gasteiger partial charge < -0.3 is 25.2 Å². The van der Waals surface area contributed by atoms with Gasteiger partial charge >= 0.3 is 6.09 Å². The van der Waals surface area contributed by atoms with Crippen LogP contribution in [0.2, 0.25) is 0 Å². The van der Waals surface area contributed by atoms with Crippen LogP contribution in [-0.2, 0) is 22.4 Å². The molecule has 9 heteroatoms. The lowest BCUT2D eigenvalue weighted by molar-refractivity contribution is -0.00222. The van der Waals surface area contributed by atoms with Crippen molar-refractivity contribution in [2.45, 2.75) is 69.7 Å². The van der Waals surface area contributed by atoms with Crippen LogP contribution in [-0.4, -0.2) is 59.5 Å². The molecule has 2 N–H and O–H groups in total. The smallest absolute Gasteiger partial charge is 0.410 e. The second kappa shape index (κ2) is 12.9. The lowest BCUT2D eigenvalue weighted by Gasteiger charge is -2.45. The first-order valence-corrected chi connectivity index (χ1v) is 15.7. The second-order valence-electron chi connectivity index (χ2n) is 13.3. The van der Waals surface area contributed by atoms with Gasteiger partial charge in [0.1, 0.15) is 5.60 Å². The topological polar surface area (TPSA) is 91.0 Å². The van der Waals surface area contributed by atoms with E-state index in [1.807, 2.05) is 80.3 Å². The van der Waals surface area contributed by atoms with Gasteiger partial charge in [-0.2, -0.15) is 0 Å². The van der Waals surface area contributed by atoms with Gasteiger partial charge in [0.2, 0.25) is 0 Å². The Morgan fingerprint density at radius 3 is 2.02 bits per heavy atom. The zero-order valence-corrected chi connectivity index (χ0v) is 27.1. The summed E-state index contributed by atoms with van der Waals surface area (Å²) in [6.45, 7) is 9.31. The van der Waals surface area contributed by atoms with E-state index in [0.29, 0.717) is 32.5 Å². The molecule has 0 bridgehead atoms. The van der Waals surface area contributed by atoms with E-state index in [9.17, 15) is 14.4 Å². The van der Waals surface area contributed by atoms with Gasteiger partial charge in [-0.15, -0.1) is 12.4 Å². The number of fused-ring (bicyclic) bond motifs is 4. The fourth-order valence-electron chi connectivity index (χ4n) is 7.17. The van der Waals surface area contributed by atoms with Crippen molar-refractivity contribution in [2.75, 3.05) is 26.2 Å². The first kappa shape index (κ1) is 32.5. The Bertz CT molecular complexity index is 1540. The Kier molecular flexibility index (Phi) is 9.28. The van der Waals surface area contributed by atoms with Crippen molar-refractivity contribution in [3.63, 3.8) is 0 Å². The number of nitrogens with zero attached hydrogens (tertiary/aromatic N) is 2. The molecule has 7 rings (SSSR count). The van der Waals surface area contributed by atoms with E-state index in [1.165, 1.54) is 5.56 Å². The summed E-state index contributed by atoms with van der Waals surface area (Å²) >= 11 is 0. The van der Waals surface area contributed by atoms with Crippen LogP contribution in [0.1, 0.15) is 83.9 Å². The molecule has 3 aromatic rings. The standard InChI is InChI=1S/C24H28N2O3.C12H14N2O.ClH/c1-23(2,3)29-22(28)25-15-13-24(14-16-25)20-12-8-7-11-19(20)21(27)26(24)17-18-9-5-4-6-10-18;15-11-9-3-1-2-4-10(9)12(14-11)5-7-13-8-6-12;/h4-12H,13-17H2,1-3H3;1-4,13H,5-8H2,(H,14,15);1H. The molecule has 4 heterocycles. The average Bonchev–Trinajstić information content (AvgIpc) is 3.41. The molecule has 3 amide bonds. The number of rotatable bonds is 2. The van der Waals surface area contributed by atoms with Crippen LogP contribution < -0.4 is 10.6 Å². The van der Waals surface area contributed by atoms with Crippen LogP contribution in [0, 0.1) is 0 Å². The van der Waals surface area contributed by atoms with Crippen LogP contribution in [0.15, 0.2) is 78.9 Å². The molecule has 2 saturated heterocycles. The van der Waals surface area contributed by atoms with Crippen molar-refractivity contribution in [2.24, 2.45) is 0 Å². The molecule has 0 unspecified atom stereocenters. The highest BCUT2D eigenvalue weighted by Crippen LogP contribution is 2.47. The lowest BCUT2D eigenvalue weighted by Crippen LogP contribution is -2.52. The number of nitrogens with one attached hydrogen (secondary N) is 2. The highest BCUT2D eigenvalue weighted by Gasteiger charge is 2.51. The monoisotopic (exact) mass is 630 g/mol. The zero-order chi connectivity index (χ0) is 31.0. The van der Waals surface area contributed by atoms with Crippen LogP contribution in [0.4, 0.5) is 4.79 Å². The largest absolute Gasteiger partial charge is 0.444 e. The Morgan fingerprint density at radius 1 is 0.800 bits per heavy atom. The molecule has 2 spiro atoms. The van der Waals surface area contributed by atoms with Crippen molar-refractivity contribution in [3.05, 3.63) is 107 Å². The number of amides is 3. The maximum atomic E-state index is 13.3. The van der Waals surface area contributed by atoms with Crippen LogP contribution in [0.25, 0.3) is 0 Å². The van der Waals surface area contributed by atoms with E-state index in [1.54, 1.807) is 4.90 Å². The summed E-state index contributed by atoms with van der Waals surface area (Å²) < 4.78 is 5.55. The number of likely N-dealkylation sites (tertiary alicyclic amines) is 1. The molecular weight excluding hydrogens is 588 g/mol. The second-order valence-corrected chi connectivity index (χ2v) is 13.3. The Hall–Kier alpha value is -3.88. The summed E-state index contributed by atoms with van der Waals surface area (Å²) in [5.74, 6) is 0.169. The molecule has 238 valence electrons. The molecule has 0 aliphatic carbocycles. The first-order chi connectivity index (χ1) is 21.1. The third-order valence-electron chi connectivity index (χ3n) is 9.34. The number of halogens is 1. The molecule has 0 aromatic heterocycles. The van der Waals surface area contributed by atoms with E-state index < -0.39 is 5.60 Å². The third-order valence-corrected chi connectivity index (χ3v) is 9.34. The predicted octanol–water partition coefficient (Wildman–Crippen LogP) is 6.00. The van der Waals surface area contributed by atoms with E-state index in [-0.39, 0.29) is 41.4 Å². The quantitative estimate of drug-likeness (QED) is 0.363.